The van der Waals surface area contributed by atoms with Crippen LogP contribution >= 0.6 is 11.3 Å². The van der Waals surface area contributed by atoms with Crippen LogP contribution < -0.4 is 0 Å². The number of thiazole rings is 1. The van der Waals surface area contributed by atoms with Crippen LogP contribution in [0.3, 0.4) is 0 Å². The Bertz CT molecular complexity index is 581. The number of hydrogen-bond donors (Lipinski definition) is 0. The summed E-state index contributed by atoms with van der Waals surface area (Å²) >= 11 is 1.52. The third-order valence-electron chi connectivity index (χ3n) is 2.66. The van der Waals surface area contributed by atoms with Crippen molar-refractivity contribution in [3.8, 4) is 0 Å². The highest BCUT2D eigenvalue weighted by atomic mass is 32.1. The highest BCUT2D eigenvalue weighted by Crippen LogP contribution is 2.24. The molecular weight excluding hydrogens is 258 g/mol. The van der Waals surface area contributed by atoms with E-state index in [-0.39, 0.29) is 23.4 Å². The number of hydrogen-bond acceptors (Lipinski definition) is 5. The lowest BCUT2D eigenvalue weighted by molar-refractivity contribution is 0.0983. The molecule has 0 aromatic carbocycles. The van der Waals surface area contributed by atoms with Crippen LogP contribution in [0.15, 0.2) is 17.8 Å². The van der Waals surface area contributed by atoms with Gasteiger partial charge in [0.05, 0.1) is 12.1 Å². The van der Waals surface area contributed by atoms with E-state index in [1.54, 1.807) is 12.4 Å². The Kier molecular flexibility index (Phi) is 3.75. The number of carbonyl (C=O) groups is 1. The zero-order valence-corrected chi connectivity index (χ0v) is 12.4. The molecule has 0 saturated carbocycles. The van der Waals surface area contributed by atoms with Gasteiger partial charge in [-0.05, 0) is 12.5 Å². The lowest BCUT2D eigenvalue weighted by Crippen LogP contribution is -2.12. The highest BCUT2D eigenvalue weighted by Gasteiger charge is 2.19. The van der Waals surface area contributed by atoms with Crippen LogP contribution in [0.4, 0.5) is 0 Å². The number of nitrogens with zero attached hydrogens (tertiary/aromatic N) is 3. The maximum Gasteiger partial charge on any atom is 0.206 e. The van der Waals surface area contributed by atoms with Gasteiger partial charge in [0.25, 0.3) is 0 Å². The zero-order valence-electron chi connectivity index (χ0n) is 11.6. The molecule has 0 aliphatic rings. The van der Waals surface area contributed by atoms with E-state index in [1.807, 2.05) is 12.3 Å². The number of ketones is 1. The van der Waals surface area contributed by atoms with Crippen LogP contribution in [0.2, 0.25) is 0 Å². The minimum atomic E-state index is -0.0881. The Hall–Kier alpha value is -1.62. The maximum absolute atomic E-state index is 12.0. The molecule has 0 aliphatic heterocycles. The fourth-order valence-corrected chi connectivity index (χ4v) is 2.51. The average molecular weight is 275 g/mol. The van der Waals surface area contributed by atoms with E-state index in [1.165, 1.54) is 11.3 Å². The summed E-state index contributed by atoms with van der Waals surface area (Å²) in [7, 11) is 0. The van der Waals surface area contributed by atoms with Gasteiger partial charge < -0.3 is 0 Å². The van der Waals surface area contributed by atoms with Crippen molar-refractivity contribution in [1.82, 2.24) is 15.0 Å². The SMILES string of the molecule is Cc1cnc(C(=O)Cc2nc(C(C)(C)C)cs2)nc1. The van der Waals surface area contributed by atoms with Gasteiger partial charge in [-0.3, -0.25) is 4.79 Å². The van der Waals surface area contributed by atoms with E-state index in [4.69, 9.17) is 0 Å². The summed E-state index contributed by atoms with van der Waals surface area (Å²) < 4.78 is 0. The molecule has 2 aromatic rings. The van der Waals surface area contributed by atoms with Crippen LogP contribution in [-0.4, -0.2) is 20.7 Å². The molecule has 0 fully saturated rings. The quantitative estimate of drug-likeness (QED) is 0.808. The molecule has 2 aromatic heterocycles. The lowest BCUT2D eigenvalue weighted by atomic mass is 9.93. The summed E-state index contributed by atoms with van der Waals surface area (Å²) in [5, 5.41) is 2.83. The van der Waals surface area contributed by atoms with Crippen molar-refractivity contribution in [2.24, 2.45) is 0 Å². The molecular formula is C14H17N3OS. The van der Waals surface area contributed by atoms with Crippen molar-refractivity contribution in [1.29, 1.82) is 0 Å². The smallest absolute Gasteiger partial charge is 0.206 e. The molecule has 0 N–H and O–H groups in total. The molecule has 0 radical (unpaired) electrons. The summed E-state index contributed by atoms with van der Waals surface area (Å²) in [5.41, 5.74) is 1.98. The Labute approximate surface area is 117 Å². The first kappa shape index (κ1) is 13.8. The van der Waals surface area contributed by atoms with Gasteiger partial charge in [-0.2, -0.15) is 0 Å². The predicted octanol–water partition coefficient (Wildman–Crippen LogP) is 2.96. The fourth-order valence-electron chi connectivity index (χ4n) is 1.49. The summed E-state index contributed by atoms with van der Waals surface area (Å²) in [6.07, 6.45) is 3.58. The van der Waals surface area contributed by atoms with E-state index < -0.39 is 0 Å². The first-order valence-electron chi connectivity index (χ1n) is 6.13. The molecule has 19 heavy (non-hydrogen) atoms. The molecule has 0 saturated heterocycles. The van der Waals surface area contributed by atoms with E-state index in [9.17, 15) is 4.79 Å². The van der Waals surface area contributed by atoms with Crippen molar-refractivity contribution in [2.75, 3.05) is 0 Å². The van der Waals surface area contributed by atoms with Crippen LogP contribution in [-0.2, 0) is 11.8 Å². The number of aromatic nitrogens is 3. The van der Waals surface area contributed by atoms with Gasteiger partial charge in [0, 0.05) is 23.2 Å². The van der Waals surface area contributed by atoms with Crippen molar-refractivity contribution in [3.63, 3.8) is 0 Å². The molecule has 100 valence electrons. The molecule has 5 heteroatoms. The second-order valence-corrected chi connectivity index (χ2v) is 6.50. The van der Waals surface area contributed by atoms with Gasteiger partial charge in [0.2, 0.25) is 5.78 Å². The average Bonchev–Trinajstić information content (AvgIpc) is 2.78. The van der Waals surface area contributed by atoms with E-state index in [0.717, 1.165) is 16.3 Å². The Balaban J connectivity index is 2.11. The standard InChI is InChI=1S/C14H17N3OS/c1-9-6-15-13(16-7-9)10(18)5-12-17-11(8-19-12)14(2,3)4/h6-8H,5H2,1-4H3. The van der Waals surface area contributed by atoms with Gasteiger partial charge in [-0.25, -0.2) is 15.0 Å². The largest absolute Gasteiger partial charge is 0.290 e. The Morgan fingerprint density at radius 3 is 2.42 bits per heavy atom. The summed E-state index contributed by atoms with van der Waals surface area (Å²) in [5.74, 6) is 0.174. The zero-order chi connectivity index (χ0) is 14.0. The van der Waals surface area contributed by atoms with Crippen LogP contribution in [0.25, 0.3) is 0 Å². The molecule has 0 bridgehead atoms. The van der Waals surface area contributed by atoms with Gasteiger partial charge in [-0.15, -0.1) is 11.3 Å². The first-order valence-corrected chi connectivity index (χ1v) is 7.01. The maximum atomic E-state index is 12.0. The second-order valence-electron chi connectivity index (χ2n) is 5.56. The normalized spacial score (nSPS) is 11.6. The topological polar surface area (TPSA) is 55.7 Å². The van der Waals surface area contributed by atoms with Crippen molar-refractivity contribution >= 4 is 17.1 Å². The number of rotatable bonds is 3. The molecule has 0 unspecified atom stereocenters. The van der Waals surface area contributed by atoms with Gasteiger partial charge in [0.15, 0.2) is 5.82 Å². The second kappa shape index (κ2) is 5.17. The highest BCUT2D eigenvalue weighted by molar-refractivity contribution is 7.09. The summed E-state index contributed by atoms with van der Waals surface area (Å²) in [4.78, 5) is 24.6. The third kappa shape index (κ3) is 3.44. The minimum Gasteiger partial charge on any atom is -0.290 e. The molecule has 4 nitrogen and oxygen atoms in total. The van der Waals surface area contributed by atoms with Crippen LogP contribution in [0, 0.1) is 6.92 Å². The number of aryl methyl sites for hydroxylation is 1. The molecule has 2 rings (SSSR count). The number of carbonyl (C=O) groups excluding carboxylic acids is 1. The predicted molar refractivity (Wildman–Crippen MR) is 75.6 cm³/mol. The first-order chi connectivity index (χ1) is 8.86. The van der Waals surface area contributed by atoms with Crippen LogP contribution in [0.1, 0.15) is 47.7 Å². The van der Waals surface area contributed by atoms with E-state index in [0.29, 0.717) is 0 Å². The molecule has 0 aliphatic carbocycles. The van der Waals surface area contributed by atoms with Gasteiger partial charge in [-0.1, -0.05) is 20.8 Å². The monoisotopic (exact) mass is 275 g/mol. The third-order valence-corrected chi connectivity index (χ3v) is 3.51. The van der Waals surface area contributed by atoms with Crippen LogP contribution in [0.5, 0.6) is 0 Å². The molecule has 0 spiro atoms. The van der Waals surface area contributed by atoms with E-state index in [2.05, 4.69) is 35.7 Å². The van der Waals surface area contributed by atoms with Crippen molar-refractivity contribution < 1.29 is 4.79 Å². The van der Waals surface area contributed by atoms with Gasteiger partial charge in [0.1, 0.15) is 5.01 Å². The minimum absolute atomic E-state index is 0.0121. The van der Waals surface area contributed by atoms with Crippen molar-refractivity contribution in [3.05, 3.63) is 39.9 Å². The molecule has 0 amide bonds. The Morgan fingerprint density at radius 2 is 1.89 bits per heavy atom. The Morgan fingerprint density at radius 1 is 1.26 bits per heavy atom. The molecule has 0 atom stereocenters. The fraction of sp³-hybridized carbons (Fsp3) is 0.429. The van der Waals surface area contributed by atoms with Crippen molar-refractivity contribution in [2.45, 2.75) is 39.5 Å². The lowest BCUT2D eigenvalue weighted by Gasteiger charge is -2.14. The van der Waals surface area contributed by atoms with E-state index >= 15 is 0 Å². The summed E-state index contributed by atoms with van der Waals surface area (Å²) in [6, 6.07) is 0. The molecule has 2 heterocycles. The summed E-state index contributed by atoms with van der Waals surface area (Å²) in [6.45, 7) is 8.22. The van der Waals surface area contributed by atoms with Gasteiger partial charge >= 0.3 is 0 Å². The number of Topliss-reactive ketones (excluding diaryl/α,β-unsaturated/α-hetero) is 1.